The molecule has 5 heteroatoms. The minimum absolute atomic E-state index is 0.182. The van der Waals surface area contributed by atoms with Crippen molar-refractivity contribution in [2.75, 3.05) is 19.0 Å². The van der Waals surface area contributed by atoms with Crippen molar-refractivity contribution in [2.45, 2.75) is 34.6 Å². The molecule has 0 saturated heterocycles. The molecule has 0 aliphatic carbocycles. The Labute approximate surface area is 206 Å². The summed E-state index contributed by atoms with van der Waals surface area (Å²) in [6, 6.07) is 15.9. The lowest BCUT2D eigenvalue weighted by Crippen LogP contribution is -2.10. The highest BCUT2D eigenvalue weighted by molar-refractivity contribution is 6.06. The number of hydrogen-bond donors (Lipinski definition) is 1. The van der Waals surface area contributed by atoms with Crippen LogP contribution in [0.4, 0.5) is 5.69 Å². The van der Waals surface area contributed by atoms with E-state index >= 15 is 0 Å². The smallest absolute Gasteiger partial charge is 0.248 e. The molecule has 0 fully saturated rings. The van der Waals surface area contributed by atoms with Gasteiger partial charge in [0.05, 0.1) is 20.0 Å². The van der Waals surface area contributed by atoms with Gasteiger partial charge in [-0.2, -0.15) is 0 Å². The number of nitrogens with one attached hydrogen (secondary N) is 1. The predicted octanol–water partition coefficient (Wildman–Crippen LogP) is 7.47. The number of rotatable bonds is 7. The summed E-state index contributed by atoms with van der Waals surface area (Å²) in [5.41, 5.74) is 8.27. The number of aryl methyl sites for hydroxylation is 3. The van der Waals surface area contributed by atoms with Crippen molar-refractivity contribution < 1.29 is 18.7 Å². The standard InChI is InChI=1S/C30H31NO4/c1-7-34-29-21(5)30-25(26(17-35-30)22-10-12-23(33-6)13-11-22)16-24(29)20(4)15-28(32)31-27-14-18(2)8-9-19(27)3/h8-17H,7H2,1-6H3,(H,31,32)/b20-15+. The van der Waals surface area contributed by atoms with Crippen LogP contribution in [0.5, 0.6) is 11.5 Å². The number of fused-ring (bicyclic) bond motifs is 1. The van der Waals surface area contributed by atoms with Crippen LogP contribution in [0.25, 0.3) is 27.7 Å². The fourth-order valence-corrected chi connectivity index (χ4v) is 4.25. The molecule has 4 aromatic rings. The van der Waals surface area contributed by atoms with Crippen molar-refractivity contribution in [3.05, 3.63) is 83.1 Å². The van der Waals surface area contributed by atoms with Gasteiger partial charge in [0.2, 0.25) is 5.91 Å². The summed E-state index contributed by atoms with van der Waals surface area (Å²) in [6.07, 6.45) is 3.39. The van der Waals surface area contributed by atoms with E-state index in [9.17, 15) is 4.79 Å². The Morgan fingerprint density at radius 2 is 1.80 bits per heavy atom. The molecule has 1 amide bonds. The Morgan fingerprint density at radius 3 is 2.49 bits per heavy atom. The number of methoxy groups -OCH3 is 1. The van der Waals surface area contributed by atoms with Gasteiger partial charge in [0, 0.05) is 33.8 Å². The second-order valence-corrected chi connectivity index (χ2v) is 8.70. The number of carbonyl (C=O) groups excluding carboxylic acids is 1. The minimum Gasteiger partial charge on any atom is -0.497 e. The van der Waals surface area contributed by atoms with E-state index in [0.29, 0.717) is 6.61 Å². The third-order valence-electron chi connectivity index (χ3n) is 6.16. The summed E-state index contributed by atoms with van der Waals surface area (Å²) in [5.74, 6) is 1.34. The summed E-state index contributed by atoms with van der Waals surface area (Å²) in [7, 11) is 1.65. The molecule has 0 aliphatic rings. The number of furan rings is 1. The summed E-state index contributed by atoms with van der Waals surface area (Å²) in [4.78, 5) is 12.9. The van der Waals surface area contributed by atoms with Gasteiger partial charge in [-0.25, -0.2) is 0 Å². The largest absolute Gasteiger partial charge is 0.497 e. The van der Waals surface area contributed by atoms with Crippen molar-refractivity contribution in [2.24, 2.45) is 0 Å². The van der Waals surface area contributed by atoms with Crippen LogP contribution in [0.15, 0.2) is 65.3 Å². The van der Waals surface area contributed by atoms with Crippen LogP contribution in [0.1, 0.15) is 36.1 Å². The van der Waals surface area contributed by atoms with Gasteiger partial charge in [0.1, 0.15) is 17.1 Å². The predicted molar refractivity (Wildman–Crippen MR) is 142 cm³/mol. The summed E-state index contributed by atoms with van der Waals surface area (Å²) in [6.45, 7) is 10.4. The molecule has 1 aromatic heterocycles. The Hall–Kier alpha value is -3.99. The van der Waals surface area contributed by atoms with Crippen molar-refractivity contribution >= 4 is 28.1 Å². The summed E-state index contributed by atoms with van der Waals surface area (Å²) >= 11 is 0. The maximum Gasteiger partial charge on any atom is 0.248 e. The highest BCUT2D eigenvalue weighted by Crippen LogP contribution is 2.41. The van der Waals surface area contributed by atoms with Gasteiger partial charge in [-0.3, -0.25) is 4.79 Å². The zero-order valence-electron chi connectivity index (χ0n) is 21.1. The maximum absolute atomic E-state index is 12.9. The van der Waals surface area contributed by atoms with Gasteiger partial charge < -0.3 is 19.2 Å². The molecule has 5 nitrogen and oxygen atoms in total. The van der Waals surface area contributed by atoms with Crippen LogP contribution < -0.4 is 14.8 Å². The van der Waals surface area contributed by atoms with Crippen molar-refractivity contribution in [3.63, 3.8) is 0 Å². The van der Waals surface area contributed by atoms with Gasteiger partial charge in [-0.05, 0) is 81.1 Å². The molecular formula is C30H31NO4. The molecule has 0 radical (unpaired) electrons. The third kappa shape index (κ3) is 4.94. The van der Waals surface area contributed by atoms with E-state index in [2.05, 4.69) is 5.32 Å². The molecule has 180 valence electrons. The average Bonchev–Trinajstić information content (AvgIpc) is 3.27. The molecule has 3 aromatic carbocycles. The number of ether oxygens (including phenoxy) is 2. The molecule has 1 heterocycles. The van der Waals surface area contributed by atoms with E-state index < -0.39 is 0 Å². The highest BCUT2D eigenvalue weighted by Gasteiger charge is 2.19. The first-order valence-electron chi connectivity index (χ1n) is 11.7. The molecule has 1 N–H and O–H groups in total. The molecule has 0 atom stereocenters. The van der Waals surface area contributed by atoms with Crippen LogP contribution in [-0.4, -0.2) is 19.6 Å². The molecule has 0 saturated carbocycles. The van der Waals surface area contributed by atoms with Crippen LogP contribution >= 0.6 is 0 Å². The lowest BCUT2D eigenvalue weighted by molar-refractivity contribution is -0.111. The lowest BCUT2D eigenvalue weighted by Gasteiger charge is -2.15. The van der Waals surface area contributed by atoms with Crippen LogP contribution in [-0.2, 0) is 4.79 Å². The van der Waals surface area contributed by atoms with Gasteiger partial charge >= 0.3 is 0 Å². The second kappa shape index (κ2) is 10.1. The van der Waals surface area contributed by atoms with Crippen molar-refractivity contribution in [1.29, 1.82) is 0 Å². The Morgan fingerprint density at radius 1 is 1.06 bits per heavy atom. The number of hydrogen-bond acceptors (Lipinski definition) is 4. The van der Waals surface area contributed by atoms with E-state index in [1.54, 1.807) is 19.4 Å². The zero-order valence-corrected chi connectivity index (χ0v) is 21.1. The quantitative estimate of drug-likeness (QED) is 0.285. The second-order valence-electron chi connectivity index (χ2n) is 8.70. The lowest BCUT2D eigenvalue weighted by atomic mass is 9.96. The number of allylic oxidation sites excluding steroid dienone is 1. The third-order valence-corrected chi connectivity index (χ3v) is 6.16. The Balaban J connectivity index is 1.77. The molecule has 4 rings (SSSR count). The topological polar surface area (TPSA) is 60.7 Å². The molecule has 0 spiro atoms. The van der Waals surface area contributed by atoms with E-state index in [0.717, 1.165) is 67.1 Å². The molecule has 0 unspecified atom stereocenters. The first kappa shape index (κ1) is 24.1. The zero-order chi connectivity index (χ0) is 25.1. The normalized spacial score (nSPS) is 11.5. The number of carbonyl (C=O) groups is 1. The highest BCUT2D eigenvalue weighted by atomic mass is 16.5. The molecule has 0 aliphatic heterocycles. The Bertz CT molecular complexity index is 1410. The van der Waals surface area contributed by atoms with E-state index in [1.165, 1.54) is 0 Å². The molecule has 0 bridgehead atoms. The minimum atomic E-state index is -0.182. The van der Waals surface area contributed by atoms with E-state index in [1.807, 2.05) is 83.1 Å². The fraction of sp³-hybridized carbons (Fsp3) is 0.233. The van der Waals surface area contributed by atoms with Gasteiger partial charge in [-0.15, -0.1) is 0 Å². The SMILES string of the molecule is CCOc1c(/C(C)=C/C(=O)Nc2cc(C)ccc2C)cc2c(-c3ccc(OC)cc3)coc2c1C. The van der Waals surface area contributed by atoms with Crippen molar-refractivity contribution in [3.8, 4) is 22.6 Å². The van der Waals surface area contributed by atoms with E-state index in [-0.39, 0.29) is 5.91 Å². The monoisotopic (exact) mass is 469 g/mol. The summed E-state index contributed by atoms with van der Waals surface area (Å²) < 4.78 is 17.3. The van der Waals surface area contributed by atoms with Gasteiger partial charge in [0.15, 0.2) is 0 Å². The average molecular weight is 470 g/mol. The van der Waals surface area contributed by atoms with Crippen LogP contribution in [0.2, 0.25) is 0 Å². The number of amides is 1. The number of anilines is 1. The fourth-order valence-electron chi connectivity index (χ4n) is 4.25. The van der Waals surface area contributed by atoms with Crippen molar-refractivity contribution in [1.82, 2.24) is 0 Å². The Kier molecular flexibility index (Phi) is 6.97. The van der Waals surface area contributed by atoms with Gasteiger partial charge in [-0.1, -0.05) is 24.3 Å². The van der Waals surface area contributed by atoms with Crippen LogP contribution in [0.3, 0.4) is 0 Å². The first-order chi connectivity index (χ1) is 16.8. The van der Waals surface area contributed by atoms with Gasteiger partial charge in [0.25, 0.3) is 0 Å². The van der Waals surface area contributed by atoms with E-state index in [4.69, 9.17) is 13.9 Å². The summed E-state index contributed by atoms with van der Waals surface area (Å²) in [5, 5.41) is 3.98. The molecule has 35 heavy (non-hydrogen) atoms. The molecular weight excluding hydrogens is 438 g/mol. The first-order valence-corrected chi connectivity index (χ1v) is 11.7. The maximum atomic E-state index is 12.9. The number of benzene rings is 3. The van der Waals surface area contributed by atoms with Crippen LogP contribution in [0, 0.1) is 20.8 Å².